The predicted octanol–water partition coefficient (Wildman–Crippen LogP) is 6.96. The molecule has 198 valence electrons. The van der Waals surface area contributed by atoms with Crippen LogP contribution in [0.2, 0.25) is 0 Å². The zero-order valence-corrected chi connectivity index (χ0v) is 24.8. The Labute approximate surface area is 220 Å². The van der Waals surface area contributed by atoms with Crippen LogP contribution in [0.1, 0.15) is 86.1 Å². The first-order valence-electron chi connectivity index (χ1n) is 12.8. The summed E-state index contributed by atoms with van der Waals surface area (Å²) in [5.41, 5.74) is 9.42. The van der Waals surface area contributed by atoms with E-state index >= 15 is 0 Å². The number of benzene rings is 2. The fourth-order valence-corrected chi connectivity index (χ4v) is 3.91. The Morgan fingerprint density at radius 2 is 1.14 bits per heavy atom. The Morgan fingerprint density at radius 3 is 1.56 bits per heavy atom. The summed E-state index contributed by atoms with van der Waals surface area (Å²) in [5, 5.41) is 3.26. The van der Waals surface area contributed by atoms with Gasteiger partial charge in [0, 0.05) is 23.6 Å². The van der Waals surface area contributed by atoms with Crippen molar-refractivity contribution in [2.75, 3.05) is 13.1 Å². The van der Waals surface area contributed by atoms with Gasteiger partial charge in [-0.15, -0.1) is 0 Å². The third-order valence-electron chi connectivity index (χ3n) is 6.29. The van der Waals surface area contributed by atoms with E-state index in [-0.39, 0.29) is 28.9 Å². The van der Waals surface area contributed by atoms with Crippen molar-refractivity contribution in [3.8, 4) is 0 Å². The van der Waals surface area contributed by atoms with Gasteiger partial charge in [0.2, 0.25) is 0 Å². The van der Waals surface area contributed by atoms with E-state index in [2.05, 4.69) is 76.1 Å². The molecule has 2 rings (SSSR count). The van der Waals surface area contributed by atoms with Crippen LogP contribution < -0.4 is 5.32 Å². The molecule has 0 aromatic heterocycles. The molecular weight excluding hydrogens is 444 g/mol. The molecule has 0 heterocycles. The molecule has 0 aliphatic carbocycles. The Kier molecular flexibility index (Phi) is 11.4. The van der Waals surface area contributed by atoms with E-state index in [1.54, 1.807) is 0 Å². The van der Waals surface area contributed by atoms with Crippen LogP contribution in [0.5, 0.6) is 0 Å². The Hall–Kier alpha value is -2.59. The number of aryl methyl sites for hydroxylation is 6. The number of Topliss-reactive ketones (excluding diaryl/α,β-unsaturated/α-hetero) is 2. The molecule has 0 unspecified atom stereocenters. The molecular formula is C32H48N2O2. The summed E-state index contributed by atoms with van der Waals surface area (Å²) < 4.78 is 0. The van der Waals surface area contributed by atoms with Gasteiger partial charge in [-0.05, 0) is 74.9 Å². The summed E-state index contributed by atoms with van der Waals surface area (Å²) in [6.07, 6.45) is 1.83. The molecule has 0 saturated carbocycles. The molecule has 1 N–H and O–H groups in total. The zero-order chi connectivity index (χ0) is 27.8. The average molecular weight is 493 g/mol. The van der Waals surface area contributed by atoms with Gasteiger partial charge in [-0.2, -0.15) is 0 Å². The quantitative estimate of drug-likeness (QED) is 0.425. The average Bonchev–Trinajstić information content (AvgIpc) is 2.70. The molecule has 0 fully saturated rings. The minimum atomic E-state index is -0.311. The lowest BCUT2D eigenvalue weighted by molar-refractivity contribution is -0.125. The Bertz CT molecular complexity index is 1050. The Balaban J connectivity index is 0.000000360. The van der Waals surface area contributed by atoms with Crippen molar-refractivity contribution in [3.05, 3.63) is 68.8 Å². The SMILES string of the molecule is Cc1cc(C)c(C=NCC(=O)C(C)(C)C)c(C)c1.Cc1cc(C)c(CNCC(=O)C(C)(C)C)c(C)c1. The van der Waals surface area contributed by atoms with Crippen LogP contribution in [0.15, 0.2) is 29.3 Å². The minimum Gasteiger partial charge on any atom is -0.306 e. The highest BCUT2D eigenvalue weighted by Crippen LogP contribution is 2.18. The van der Waals surface area contributed by atoms with Crippen molar-refractivity contribution in [1.29, 1.82) is 0 Å². The largest absolute Gasteiger partial charge is 0.306 e. The van der Waals surface area contributed by atoms with Crippen molar-refractivity contribution in [1.82, 2.24) is 5.32 Å². The maximum atomic E-state index is 11.8. The second-order valence-electron chi connectivity index (χ2n) is 12.1. The number of nitrogens with zero attached hydrogens (tertiary/aromatic N) is 1. The second-order valence-corrected chi connectivity index (χ2v) is 12.1. The maximum absolute atomic E-state index is 11.8. The van der Waals surface area contributed by atoms with Gasteiger partial charge in [-0.25, -0.2) is 0 Å². The third-order valence-corrected chi connectivity index (χ3v) is 6.29. The molecule has 2 aromatic rings. The molecule has 2 aromatic carbocycles. The number of ketones is 2. The molecule has 0 atom stereocenters. The second kappa shape index (κ2) is 13.1. The van der Waals surface area contributed by atoms with Gasteiger partial charge in [0.05, 0.1) is 13.1 Å². The van der Waals surface area contributed by atoms with E-state index in [1.807, 2.05) is 47.8 Å². The molecule has 4 heteroatoms. The van der Waals surface area contributed by atoms with E-state index in [1.165, 1.54) is 38.9 Å². The van der Waals surface area contributed by atoms with Crippen molar-refractivity contribution in [2.45, 2.75) is 89.6 Å². The highest BCUT2D eigenvalue weighted by Gasteiger charge is 2.21. The first-order valence-corrected chi connectivity index (χ1v) is 12.8. The number of carbonyl (C=O) groups is 2. The lowest BCUT2D eigenvalue weighted by atomic mass is 9.91. The smallest absolute Gasteiger partial charge is 0.159 e. The van der Waals surface area contributed by atoms with E-state index in [9.17, 15) is 9.59 Å². The molecule has 0 bridgehead atoms. The number of carbonyl (C=O) groups excluding carboxylic acids is 2. The summed E-state index contributed by atoms with van der Waals surface area (Å²) in [7, 11) is 0. The molecule has 0 aliphatic rings. The number of hydrogen-bond donors (Lipinski definition) is 1. The normalized spacial score (nSPS) is 11.9. The standard InChI is InChI=1S/C16H25NO.C16H23NO/c2*1-11-7-12(2)14(13(3)8-11)9-17-10-15(18)16(4,5)6/h7-8,17H,9-10H2,1-6H3;7-9H,10H2,1-6H3. The molecule has 0 amide bonds. The van der Waals surface area contributed by atoms with Gasteiger partial charge in [0.1, 0.15) is 0 Å². The molecule has 4 nitrogen and oxygen atoms in total. The number of aliphatic imine (C=N–C) groups is 1. The first-order chi connectivity index (χ1) is 16.4. The summed E-state index contributed by atoms with van der Waals surface area (Å²) in [6, 6.07) is 8.66. The van der Waals surface area contributed by atoms with Crippen LogP contribution in [0, 0.1) is 52.4 Å². The fraction of sp³-hybridized carbons (Fsp3) is 0.531. The highest BCUT2D eigenvalue weighted by molar-refractivity contribution is 5.89. The van der Waals surface area contributed by atoms with Gasteiger partial charge >= 0.3 is 0 Å². The van der Waals surface area contributed by atoms with Gasteiger partial charge in [-0.1, -0.05) is 76.9 Å². The van der Waals surface area contributed by atoms with Gasteiger partial charge in [0.25, 0.3) is 0 Å². The van der Waals surface area contributed by atoms with E-state index in [4.69, 9.17) is 0 Å². The van der Waals surface area contributed by atoms with Crippen LogP contribution in [0.4, 0.5) is 0 Å². The zero-order valence-electron chi connectivity index (χ0n) is 24.8. The van der Waals surface area contributed by atoms with Gasteiger partial charge < -0.3 is 5.32 Å². The van der Waals surface area contributed by atoms with Crippen molar-refractivity contribution < 1.29 is 9.59 Å². The van der Waals surface area contributed by atoms with Crippen LogP contribution in [-0.2, 0) is 16.1 Å². The monoisotopic (exact) mass is 492 g/mol. The van der Waals surface area contributed by atoms with Gasteiger partial charge in [0.15, 0.2) is 11.6 Å². The molecule has 36 heavy (non-hydrogen) atoms. The summed E-state index contributed by atoms with van der Waals surface area (Å²) in [4.78, 5) is 27.9. The van der Waals surface area contributed by atoms with Crippen molar-refractivity contribution in [3.63, 3.8) is 0 Å². The minimum absolute atomic E-state index is 0.168. The van der Waals surface area contributed by atoms with Crippen LogP contribution >= 0.6 is 0 Å². The predicted molar refractivity (Wildman–Crippen MR) is 154 cm³/mol. The summed E-state index contributed by atoms with van der Waals surface area (Å²) in [6.45, 7) is 25.7. The number of nitrogens with one attached hydrogen (secondary N) is 1. The number of hydrogen-bond acceptors (Lipinski definition) is 4. The molecule has 0 aliphatic heterocycles. The first kappa shape index (κ1) is 31.4. The van der Waals surface area contributed by atoms with E-state index in [0.717, 1.165) is 12.1 Å². The van der Waals surface area contributed by atoms with Gasteiger partial charge in [-0.3, -0.25) is 14.6 Å². The molecule has 0 spiro atoms. The summed E-state index contributed by atoms with van der Waals surface area (Å²) in [5.74, 6) is 0.422. The third kappa shape index (κ3) is 10.2. The number of rotatable bonds is 7. The fourth-order valence-electron chi connectivity index (χ4n) is 3.91. The van der Waals surface area contributed by atoms with Crippen LogP contribution in [-0.4, -0.2) is 30.9 Å². The summed E-state index contributed by atoms with van der Waals surface area (Å²) >= 11 is 0. The lowest BCUT2D eigenvalue weighted by Crippen LogP contribution is -2.32. The lowest BCUT2D eigenvalue weighted by Gasteiger charge is -2.18. The van der Waals surface area contributed by atoms with Crippen LogP contribution in [0.3, 0.4) is 0 Å². The topological polar surface area (TPSA) is 58.5 Å². The maximum Gasteiger partial charge on any atom is 0.159 e. The Morgan fingerprint density at radius 1 is 0.722 bits per heavy atom. The highest BCUT2D eigenvalue weighted by atomic mass is 16.1. The van der Waals surface area contributed by atoms with Crippen molar-refractivity contribution in [2.24, 2.45) is 15.8 Å². The van der Waals surface area contributed by atoms with Crippen molar-refractivity contribution >= 4 is 17.8 Å². The molecule has 0 radical (unpaired) electrons. The van der Waals surface area contributed by atoms with Crippen LogP contribution in [0.25, 0.3) is 0 Å². The van der Waals surface area contributed by atoms with E-state index in [0.29, 0.717) is 6.54 Å². The molecule has 0 saturated heterocycles. The van der Waals surface area contributed by atoms with E-state index < -0.39 is 0 Å².